The molecule has 0 aromatic rings. The summed E-state index contributed by atoms with van der Waals surface area (Å²) >= 11 is 0. The van der Waals surface area contributed by atoms with Crippen LogP contribution >= 0.6 is 0 Å². The van der Waals surface area contributed by atoms with Crippen LogP contribution in [-0.2, 0) is 4.79 Å². The van der Waals surface area contributed by atoms with Crippen molar-refractivity contribution in [3.8, 4) is 0 Å². The zero-order chi connectivity index (χ0) is 11.5. The number of likely N-dealkylation sites (N-methyl/N-ethyl adjacent to an activating group) is 1. The summed E-state index contributed by atoms with van der Waals surface area (Å²) in [6.45, 7) is 2.30. The van der Waals surface area contributed by atoms with E-state index in [9.17, 15) is 4.79 Å². The van der Waals surface area contributed by atoms with Crippen LogP contribution in [0.25, 0.3) is 0 Å². The van der Waals surface area contributed by atoms with Crippen molar-refractivity contribution in [2.24, 2.45) is 5.73 Å². The van der Waals surface area contributed by atoms with Gasteiger partial charge in [-0.1, -0.05) is 12.8 Å². The predicted molar refractivity (Wildman–Crippen MR) is 64.1 cm³/mol. The zero-order valence-electron chi connectivity index (χ0n) is 10.2. The third kappa shape index (κ3) is 2.38. The average molecular weight is 225 g/mol. The van der Waals surface area contributed by atoms with E-state index in [1.54, 1.807) is 0 Å². The molecule has 16 heavy (non-hydrogen) atoms. The molecule has 2 N–H and O–H groups in total. The van der Waals surface area contributed by atoms with E-state index in [0.29, 0.717) is 25.2 Å². The quantitative estimate of drug-likeness (QED) is 0.757. The monoisotopic (exact) mass is 225 g/mol. The van der Waals surface area contributed by atoms with Gasteiger partial charge in [-0.05, 0) is 25.8 Å². The molecule has 1 saturated carbocycles. The van der Waals surface area contributed by atoms with Crippen molar-refractivity contribution in [3.05, 3.63) is 0 Å². The molecule has 1 amide bonds. The fourth-order valence-corrected chi connectivity index (χ4v) is 2.97. The van der Waals surface area contributed by atoms with E-state index in [4.69, 9.17) is 5.73 Å². The summed E-state index contributed by atoms with van der Waals surface area (Å²) in [5, 5.41) is 0. The smallest absolute Gasteiger partial charge is 0.236 e. The van der Waals surface area contributed by atoms with Crippen LogP contribution in [0.2, 0.25) is 0 Å². The summed E-state index contributed by atoms with van der Waals surface area (Å²) in [6, 6.07) is 0.977. The molecule has 0 bridgehead atoms. The van der Waals surface area contributed by atoms with Crippen LogP contribution < -0.4 is 5.73 Å². The second kappa shape index (κ2) is 5.15. The van der Waals surface area contributed by atoms with E-state index < -0.39 is 0 Å². The van der Waals surface area contributed by atoms with Crippen molar-refractivity contribution >= 4 is 5.91 Å². The number of nitrogens with zero attached hydrogens (tertiary/aromatic N) is 2. The number of hydrogen-bond acceptors (Lipinski definition) is 3. The molecule has 1 heterocycles. The van der Waals surface area contributed by atoms with E-state index >= 15 is 0 Å². The standard InChI is InChI=1S/C12H23N3O/c1-14-11(6-7-13)8-15(9-12(14)16)10-4-2-3-5-10/h10-11H,2-9,13H2,1H3. The topological polar surface area (TPSA) is 49.6 Å². The van der Waals surface area contributed by atoms with Crippen molar-refractivity contribution in [2.45, 2.75) is 44.2 Å². The molecule has 2 aliphatic rings. The number of carbonyl (C=O) groups is 1. The van der Waals surface area contributed by atoms with Gasteiger partial charge in [-0.2, -0.15) is 0 Å². The molecule has 1 saturated heterocycles. The fourth-order valence-electron chi connectivity index (χ4n) is 2.97. The number of carbonyl (C=O) groups excluding carboxylic acids is 1. The lowest BCUT2D eigenvalue weighted by Crippen LogP contribution is -2.57. The maximum Gasteiger partial charge on any atom is 0.236 e. The second-order valence-electron chi connectivity index (χ2n) is 5.10. The molecule has 4 heteroatoms. The molecule has 92 valence electrons. The first-order valence-electron chi connectivity index (χ1n) is 6.42. The third-order valence-electron chi connectivity index (χ3n) is 4.07. The summed E-state index contributed by atoms with van der Waals surface area (Å²) in [5.41, 5.74) is 5.61. The van der Waals surface area contributed by atoms with Gasteiger partial charge in [0.15, 0.2) is 0 Å². The molecular weight excluding hydrogens is 202 g/mol. The van der Waals surface area contributed by atoms with Crippen LogP contribution in [-0.4, -0.2) is 54.5 Å². The van der Waals surface area contributed by atoms with Gasteiger partial charge in [0, 0.05) is 25.7 Å². The highest BCUT2D eigenvalue weighted by molar-refractivity contribution is 5.79. The molecule has 1 aliphatic heterocycles. The Labute approximate surface area is 97.8 Å². The van der Waals surface area contributed by atoms with Gasteiger partial charge in [0.05, 0.1) is 6.54 Å². The Kier molecular flexibility index (Phi) is 3.82. The molecule has 2 fully saturated rings. The van der Waals surface area contributed by atoms with Crippen molar-refractivity contribution in [1.82, 2.24) is 9.80 Å². The number of amides is 1. The largest absolute Gasteiger partial charge is 0.340 e. The summed E-state index contributed by atoms with van der Waals surface area (Å²) in [6.07, 6.45) is 6.11. The Morgan fingerprint density at radius 3 is 2.69 bits per heavy atom. The van der Waals surface area contributed by atoms with Crippen molar-refractivity contribution in [3.63, 3.8) is 0 Å². The van der Waals surface area contributed by atoms with Crippen LogP contribution in [0.5, 0.6) is 0 Å². The first kappa shape index (κ1) is 11.9. The summed E-state index contributed by atoms with van der Waals surface area (Å²) < 4.78 is 0. The van der Waals surface area contributed by atoms with Crippen LogP contribution in [0.15, 0.2) is 0 Å². The highest BCUT2D eigenvalue weighted by atomic mass is 16.2. The zero-order valence-corrected chi connectivity index (χ0v) is 10.2. The van der Waals surface area contributed by atoms with E-state index in [0.717, 1.165) is 13.0 Å². The van der Waals surface area contributed by atoms with E-state index in [-0.39, 0.29) is 5.91 Å². The van der Waals surface area contributed by atoms with Gasteiger partial charge in [0.1, 0.15) is 0 Å². The van der Waals surface area contributed by atoms with E-state index in [1.807, 2.05) is 11.9 Å². The van der Waals surface area contributed by atoms with Gasteiger partial charge in [0.25, 0.3) is 0 Å². The number of rotatable bonds is 3. The van der Waals surface area contributed by atoms with E-state index in [1.165, 1.54) is 25.7 Å². The summed E-state index contributed by atoms with van der Waals surface area (Å²) in [4.78, 5) is 16.2. The molecule has 0 aromatic heterocycles. The minimum Gasteiger partial charge on any atom is -0.340 e. The van der Waals surface area contributed by atoms with Crippen molar-refractivity contribution in [1.29, 1.82) is 0 Å². The predicted octanol–water partition coefficient (Wildman–Crippen LogP) is 0.420. The van der Waals surface area contributed by atoms with Crippen LogP contribution in [0.1, 0.15) is 32.1 Å². The minimum atomic E-state index is 0.261. The lowest BCUT2D eigenvalue weighted by molar-refractivity contribution is -0.139. The van der Waals surface area contributed by atoms with E-state index in [2.05, 4.69) is 4.90 Å². The number of piperazine rings is 1. The van der Waals surface area contributed by atoms with Crippen molar-refractivity contribution < 1.29 is 4.79 Å². The summed E-state index contributed by atoms with van der Waals surface area (Å²) in [7, 11) is 1.91. The fraction of sp³-hybridized carbons (Fsp3) is 0.917. The van der Waals surface area contributed by atoms with Gasteiger partial charge >= 0.3 is 0 Å². The molecule has 1 unspecified atom stereocenters. The minimum absolute atomic E-state index is 0.261. The maximum absolute atomic E-state index is 11.9. The van der Waals surface area contributed by atoms with Gasteiger partial charge in [-0.3, -0.25) is 9.69 Å². The molecule has 4 nitrogen and oxygen atoms in total. The molecule has 0 aromatic carbocycles. The SMILES string of the molecule is CN1C(=O)CN(C2CCCC2)CC1CCN. The molecular formula is C12H23N3O. The Bertz CT molecular complexity index is 251. The van der Waals surface area contributed by atoms with Gasteiger partial charge < -0.3 is 10.6 Å². The lowest BCUT2D eigenvalue weighted by atomic mass is 10.1. The van der Waals surface area contributed by atoms with Crippen molar-refractivity contribution in [2.75, 3.05) is 26.7 Å². The average Bonchev–Trinajstić information content (AvgIpc) is 2.78. The van der Waals surface area contributed by atoms with Gasteiger partial charge in [-0.15, -0.1) is 0 Å². The maximum atomic E-state index is 11.9. The molecule has 0 spiro atoms. The normalized spacial score (nSPS) is 29.0. The van der Waals surface area contributed by atoms with Crippen LogP contribution in [0.3, 0.4) is 0 Å². The first-order valence-corrected chi connectivity index (χ1v) is 6.42. The molecule has 1 atom stereocenters. The van der Waals surface area contributed by atoms with Gasteiger partial charge in [0.2, 0.25) is 5.91 Å². The first-order chi connectivity index (χ1) is 7.72. The van der Waals surface area contributed by atoms with Gasteiger partial charge in [-0.25, -0.2) is 0 Å². The number of hydrogen-bond donors (Lipinski definition) is 1. The third-order valence-corrected chi connectivity index (χ3v) is 4.07. The Morgan fingerprint density at radius 1 is 1.38 bits per heavy atom. The Balaban J connectivity index is 1.97. The Morgan fingerprint density at radius 2 is 2.06 bits per heavy atom. The highest BCUT2D eigenvalue weighted by Gasteiger charge is 2.33. The highest BCUT2D eigenvalue weighted by Crippen LogP contribution is 2.26. The van der Waals surface area contributed by atoms with Crippen LogP contribution in [0.4, 0.5) is 0 Å². The lowest BCUT2D eigenvalue weighted by Gasteiger charge is -2.41. The Hall–Kier alpha value is -0.610. The molecule has 1 aliphatic carbocycles. The molecule has 0 radical (unpaired) electrons. The second-order valence-corrected chi connectivity index (χ2v) is 5.10. The molecule has 2 rings (SSSR count). The summed E-state index contributed by atoms with van der Waals surface area (Å²) in [5.74, 6) is 0.261. The van der Waals surface area contributed by atoms with Crippen LogP contribution in [0, 0.1) is 0 Å². The number of nitrogens with two attached hydrogens (primary N) is 1.